The van der Waals surface area contributed by atoms with E-state index in [0.29, 0.717) is 17.0 Å². The highest BCUT2D eigenvalue weighted by Gasteiger charge is 2.17. The number of hydrogen-bond donors (Lipinski definition) is 3. The molecule has 27 heavy (non-hydrogen) atoms. The van der Waals surface area contributed by atoms with Crippen molar-refractivity contribution in [2.24, 2.45) is 5.73 Å². The van der Waals surface area contributed by atoms with Gasteiger partial charge in [-0.1, -0.05) is 12.1 Å². The van der Waals surface area contributed by atoms with E-state index in [9.17, 15) is 4.79 Å². The average Bonchev–Trinajstić information content (AvgIpc) is 3.24. The molecule has 0 atom stereocenters. The van der Waals surface area contributed by atoms with Crippen LogP contribution in [-0.2, 0) is 13.2 Å². The molecular formula is C19H23N5O3. The van der Waals surface area contributed by atoms with Crippen molar-refractivity contribution < 1.29 is 13.9 Å². The quantitative estimate of drug-likeness (QED) is 0.456. The van der Waals surface area contributed by atoms with Gasteiger partial charge in [0, 0.05) is 12.4 Å². The van der Waals surface area contributed by atoms with Crippen LogP contribution in [0, 0.1) is 5.41 Å². The predicted octanol–water partition coefficient (Wildman–Crippen LogP) is 2.37. The van der Waals surface area contributed by atoms with E-state index in [0.717, 1.165) is 28.4 Å². The monoisotopic (exact) mass is 369 g/mol. The molecule has 0 unspecified atom stereocenters. The van der Waals surface area contributed by atoms with Crippen molar-refractivity contribution in [3.05, 3.63) is 53.6 Å². The third-order valence-electron chi connectivity index (χ3n) is 4.07. The number of nitrogens with two attached hydrogens (primary N) is 1. The molecule has 142 valence electrons. The maximum absolute atomic E-state index is 12.4. The summed E-state index contributed by atoms with van der Waals surface area (Å²) < 4.78 is 11.6. The summed E-state index contributed by atoms with van der Waals surface area (Å²) >= 11 is 0. The van der Waals surface area contributed by atoms with Gasteiger partial charge in [-0.25, -0.2) is 0 Å². The van der Waals surface area contributed by atoms with Gasteiger partial charge in [-0.3, -0.25) is 15.1 Å². The third-order valence-corrected chi connectivity index (χ3v) is 4.07. The smallest absolute Gasteiger partial charge is 0.276 e. The fraction of sp³-hybridized carbons (Fsp3) is 0.263. The van der Waals surface area contributed by atoms with Gasteiger partial charge in [-0.2, -0.15) is 0 Å². The first kappa shape index (κ1) is 18.5. The minimum absolute atomic E-state index is 0.280. The molecule has 8 heteroatoms. The topological polar surface area (TPSA) is 112 Å². The molecule has 0 spiro atoms. The second kappa shape index (κ2) is 7.55. The van der Waals surface area contributed by atoms with Crippen LogP contribution in [-0.4, -0.2) is 47.8 Å². The molecule has 0 bridgehead atoms. The molecule has 0 aliphatic carbocycles. The van der Waals surface area contributed by atoms with E-state index in [2.05, 4.69) is 4.98 Å². The van der Waals surface area contributed by atoms with E-state index < -0.39 is 0 Å². The van der Waals surface area contributed by atoms with E-state index >= 15 is 0 Å². The number of furan rings is 1. The number of aromatic amines is 1. The van der Waals surface area contributed by atoms with Crippen LogP contribution < -0.4 is 10.5 Å². The Balaban J connectivity index is 1.78. The average molecular weight is 369 g/mol. The van der Waals surface area contributed by atoms with Crippen molar-refractivity contribution in [2.45, 2.75) is 13.2 Å². The van der Waals surface area contributed by atoms with Crippen molar-refractivity contribution in [1.29, 1.82) is 5.41 Å². The third kappa shape index (κ3) is 4.12. The number of nitrogens with zero attached hydrogens (tertiary/aromatic N) is 2. The largest absolute Gasteiger partial charge is 0.483 e. The van der Waals surface area contributed by atoms with Crippen molar-refractivity contribution >= 4 is 22.8 Å². The molecule has 0 fully saturated rings. The maximum Gasteiger partial charge on any atom is 0.276 e. The molecule has 1 aromatic carbocycles. The van der Waals surface area contributed by atoms with E-state index in [-0.39, 0.29) is 18.5 Å². The summed E-state index contributed by atoms with van der Waals surface area (Å²) in [6.45, 7) is 1.00. The Hall–Kier alpha value is -3.26. The van der Waals surface area contributed by atoms with Gasteiger partial charge in [0.15, 0.2) is 5.96 Å². The predicted molar refractivity (Wildman–Crippen MR) is 103 cm³/mol. The maximum atomic E-state index is 12.4. The summed E-state index contributed by atoms with van der Waals surface area (Å²) in [6.07, 6.45) is 0. The lowest BCUT2D eigenvalue weighted by atomic mass is 10.2. The van der Waals surface area contributed by atoms with E-state index in [1.165, 1.54) is 7.05 Å². The van der Waals surface area contributed by atoms with Crippen LogP contribution in [0.4, 0.5) is 0 Å². The molecule has 3 rings (SSSR count). The molecule has 2 aromatic heterocycles. The van der Waals surface area contributed by atoms with Crippen LogP contribution in [0.5, 0.6) is 5.75 Å². The van der Waals surface area contributed by atoms with Crippen LogP contribution in [0.25, 0.3) is 10.9 Å². The number of fused-ring (bicyclic) bond motifs is 1. The SMILES string of the molecule is CN(C)Cc1ccc(COc2cccc3cc(C(=O)N(C)C(=N)N)[nH]c23)o1. The Morgan fingerprint density at radius 3 is 2.67 bits per heavy atom. The summed E-state index contributed by atoms with van der Waals surface area (Å²) in [4.78, 5) is 18.5. The zero-order chi connectivity index (χ0) is 19.6. The van der Waals surface area contributed by atoms with Gasteiger partial charge < -0.3 is 24.8 Å². The number of rotatable bonds is 6. The fourth-order valence-corrected chi connectivity index (χ4v) is 2.70. The fourth-order valence-electron chi connectivity index (χ4n) is 2.70. The molecule has 0 saturated carbocycles. The number of aromatic nitrogens is 1. The number of nitrogens with one attached hydrogen (secondary N) is 2. The zero-order valence-electron chi connectivity index (χ0n) is 15.6. The van der Waals surface area contributed by atoms with Crippen molar-refractivity contribution in [1.82, 2.24) is 14.8 Å². The molecule has 0 radical (unpaired) electrons. The molecule has 0 saturated heterocycles. The first-order valence-electron chi connectivity index (χ1n) is 8.44. The molecule has 2 heterocycles. The van der Waals surface area contributed by atoms with Crippen LogP contribution in [0.2, 0.25) is 0 Å². The summed E-state index contributed by atoms with van der Waals surface area (Å²) in [5, 5.41) is 8.23. The number of amides is 1. The lowest BCUT2D eigenvalue weighted by molar-refractivity contribution is 0.0864. The van der Waals surface area contributed by atoms with Crippen LogP contribution in [0.1, 0.15) is 22.0 Å². The minimum Gasteiger partial charge on any atom is -0.483 e. The summed E-state index contributed by atoms with van der Waals surface area (Å²) in [7, 11) is 5.41. The second-order valence-corrected chi connectivity index (χ2v) is 6.55. The van der Waals surface area contributed by atoms with Gasteiger partial charge in [-0.05, 0) is 38.4 Å². The molecule has 0 aliphatic rings. The van der Waals surface area contributed by atoms with Gasteiger partial charge in [0.05, 0.1) is 12.1 Å². The van der Waals surface area contributed by atoms with E-state index in [1.807, 2.05) is 49.3 Å². The number of H-pyrrole nitrogens is 1. The standard InChI is InChI=1S/C19H23N5O3/c1-23(2)10-13-7-8-14(27-13)11-26-16-6-4-5-12-9-15(22-17(12)16)18(25)24(3)19(20)21/h4-9,22H,10-11H2,1-3H3,(H3,20,21). The van der Waals surface area contributed by atoms with Crippen molar-refractivity contribution in [2.75, 3.05) is 21.1 Å². The number of carbonyl (C=O) groups is 1. The molecule has 3 aromatic rings. The van der Waals surface area contributed by atoms with Gasteiger partial charge in [0.2, 0.25) is 0 Å². The number of para-hydroxylation sites is 1. The first-order chi connectivity index (χ1) is 12.8. The molecule has 8 nitrogen and oxygen atoms in total. The Morgan fingerprint density at radius 1 is 1.22 bits per heavy atom. The highest BCUT2D eigenvalue weighted by atomic mass is 16.5. The number of benzene rings is 1. The molecule has 1 amide bonds. The number of guanidine groups is 1. The number of ether oxygens (including phenoxy) is 1. The van der Waals surface area contributed by atoms with Gasteiger partial charge in [0.25, 0.3) is 5.91 Å². The van der Waals surface area contributed by atoms with Crippen molar-refractivity contribution in [3.8, 4) is 5.75 Å². The molecular weight excluding hydrogens is 346 g/mol. The van der Waals surface area contributed by atoms with E-state index in [1.54, 1.807) is 6.07 Å². The van der Waals surface area contributed by atoms with Crippen molar-refractivity contribution in [3.63, 3.8) is 0 Å². The zero-order valence-corrected chi connectivity index (χ0v) is 15.6. The Bertz CT molecular complexity index is 973. The summed E-state index contributed by atoms with van der Waals surface area (Å²) in [6, 6.07) is 11.1. The summed E-state index contributed by atoms with van der Waals surface area (Å²) in [5.41, 5.74) is 6.42. The lowest BCUT2D eigenvalue weighted by Crippen LogP contribution is -2.38. The lowest BCUT2D eigenvalue weighted by Gasteiger charge is -2.12. The van der Waals surface area contributed by atoms with E-state index in [4.69, 9.17) is 20.3 Å². The highest BCUT2D eigenvalue weighted by molar-refractivity contribution is 6.06. The number of carbonyl (C=O) groups excluding carboxylic acids is 1. The minimum atomic E-state index is -0.385. The van der Waals surface area contributed by atoms with Gasteiger partial charge in [-0.15, -0.1) is 0 Å². The Kier molecular flexibility index (Phi) is 5.18. The van der Waals surface area contributed by atoms with Crippen LogP contribution in [0.3, 0.4) is 0 Å². The first-order valence-corrected chi connectivity index (χ1v) is 8.44. The normalized spacial score (nSPS) is 11.1. The van der Waals surface area contributed by atoms with Gasteiger partial charge >= 0.3 is 0 Å². The Morgan fingerprint density at radius 2 is 1.96 bits per heavy atom. The molecule has 4 N–H and O–H groups in total. The Labute approximate surface area is 157 Å². The summed E-state index contributed by atoms with van der Waals surface area (Å²) in [5.74, 6) is 1.51. The second-order valence-electron chi connectivity index (χ2n) is 6.55. The molecule has 0 aliphatic heterocycles. The highest BCUT2D eigenvalue weighted by Crippen LogP contribution is 2.27. The van der Waals surface area contributed by atoms with Crippen LogP contribution in [0.15, 0.2) is 40.8 Å². The van der Waals surface area contributed by atoms with Gasteiger partial charge in [0.1, 0.15) is 29.6 Å². The van der Waals surface area contributed by atoms with Crippen LogP contribution >= 0.6 is 0 Å². The number of hydrogen-bond acceptors (Lipinski definition) is 5.